The second kappa shape index (κ2) is 7.04. The maximum absolute atomic E-state index is 6.13. The van der Waals surface area contributed by atoms with Crippen molar-refractivity contribution in [2.45, 2.75) is 44.7 Å². The standard InChI is InChI=1S/C16H28N4/c1-4-14(17)11-13-7-5-9-18-16(13)20-10-6-8-15(20)12-19(2)3/h5,7,9,14-15H,4,6,8,10-12,17H2,1-3H3. The maximum atomic E-state index is 6.13. The Labute approximate surface area is 123 Å². The van der Waals surface area contributed by atoms with Gasteiger partial charge >= 0.3 is 0 Å². The summed E-state index contributed by atoms with van der Waals surface area (Å²) in [6, 6.07) is 5.02. The first kappa shape index (κ1) is 15.3. The van der Waals surface area contributed by atoms with Gasteiger partial charge in [0.25, 0.3) is 0 Å². The molecule has 2 heterocycles. The molecule has 4 nitrogen and oxygen atoms in total. The van der Waals surface area contributed by atoms with Crippen LogP contribution in [0.5, 0.6) is 0 Å². The lowest BCUT2D eigenvalue weighted by Gasteiger charge is -2.30. The van der Waals surface area contributed by atoms with Crippen molar-refractivity contribution < 1.29 is 0 Å². The van der Waals surface area contributed by atoms with Crippen LogP contribution >= 0.6 is 0 Å². The van der Waals surface area contributed by atoms with Crippen molar-refractivity contribution >= 4 is 5.82 Å². The van der Waals surface area contributed by atoms with Crippen molar-refractivity contribution in [3.05, 3.63) is 23.9 Å². The Morgan fingerprint density at radius 2 is 2.30 bits per heavy atom. The molecule has 1 aliphatic heterocycles. The van der Waals surface area contributed by atoms with E-state index in [9.17, 15) is 0 Å². The lowest BCUT2D eigenvalue weighted by atomic mass is 10.0. The minimum absolute atomic E-state index is 0.229. The van der Waals surface area contributed by atoms with E-state index in [2.05, 4.69) is 41.9 Å². The van der Waals surface area contributed by atoms with Gasteiger partial charge in [-0.2, -0.15) is 0 Å². The number of pyridine rings is 1. The number of likely N-dealkylation sites (N-methyl/N-ethyl adjacent to an activating group) is 1. The summed E-state index contributed by atoms with van der Waals surface area (Å²) in [4.78, 5) is 9.41. The van der Waals surface area contributed by atoms with E-state index in [0.29, 0.717) is 6.04 Å². The molecule has 0 spiro atoms. The number of anilines is 1. The molecule has 0 bridgehead atoms. The number of nitrogens with zero attached hydrogens (tertiary/aromatic N) is 3. The molecule has 1 saturated heterocycles. The maximum Gasteiger partial charge on any atom is 0.132 e. The van der Waals surface area contributed by atoms with Crippen molar-refractivity contribution in [1.82, 2.24) is 9.88 Å². The van der Waals surface area contributed by atoms with Crippen LogP contribution in [-0.2, 0) is 6.42 Å². The Balaban J connectivity index is 2.18. The SMILES string of the molecule is CCC(N)Cc1cccnc1N1CCCC1CN(C)C. The second-order valence-corrected chi connectivity index (χ2v) is 6.11. The third kappa shape index (κ3) is 3.70. The molecule has 112 valence electrons. The van der Waals surface area contributed by atoms with Crippen LogP contribution in [0.4, 0.5) is 5.82 Å². The number of hydrogen-bond donors (Lipinski definition) is 1. The molecular formula is C16H28N4. The summed E-state index contributed by atoms with van der Waals surface area (Å²) in [5, 5.41) is 0. The molecule has 1 fully saturated rings. The average molecular weight is 276 g/mol. The summed E-state index contributed by atoms with van der Waals surface area (Å²) in [5.74, 6) is 1.15. The molecule has 1 aromatic rings. The molecule has 20 heavy (non-hydrogen) atoms. The average Bonchev–Trinajstić information content (AvgIpc) is 2.86. The van der Waals surface area contributed by atoms with Crippen LogP contribution in [0, 0.1) is 0 Å². The van der Waals surface area contributed by atoms with Gasteiger partial charge in [0.2, 0.25) is 0 Å². The van der Waals surface area contributed by atoms with Gasteiger partial charge in [-0.15, -0.1) is 0 Å². The van der Waals surface area contributed by atoms with Crippen LogP contribution in [0.25, 0.3) is 0 Å². The Morgan fingerprint density at radius 3 is 3.00 bits per heavy atom. The summed E-state index contributed by atoms with van der Waals surface area (Å²) in [6.45, 7) is 4.35. The zero-order chi connectivity index (χ0) is 14.5. The zero-order valence-electron chi connectivity index (χ0n) is 13.0. The molecule has 1 aliphatic rings. The van der Waals surface area contributed by atoms with Gasteiger partial charge in [0, 0.05) is 31.4 Å². The highest BCUT2D eigenvalue weighted by molar-refractivity contribution is 5.49. The first-order valence-corrected chi connectivity index (χ1v) is 7.72. The highest BCUT2D eigenvalue weighted by atomic mass is 15.3. The zero-order valence-corrected chi connectivity index (χ0v) is 13.0. The monoisotopic (exact) mass is 276 g/mol. The van der Waals surface area contributed by atoms with E-state index in [-0.39, 0.29) is 6.04 Å². The van der Waals surface area contributed by atoms with Crippen LogP contribution in [0.3, 0.4) is 0 Å². The lowest BCUT2D eigenvalue weighted by molar-refractivity contribution is 0.371. The summed E-state index contributed by atoms with van der Waals surface area (Å²) in [6.07, 6.45) is 6.35. The van der Waals surface area contributed by atoms with Gasteiger partial charge in [-0.3, -0.25) is 0 Å². The number of nitrogens with two attached hydrogens (primary N) is 1. The minimum atomic E-state index is 0.229. The van der Waals surface area contributed by atoms with E-state index < -0.39 is 0 Å². The third-order valence-corrected chi connectivity index (χ3v) is 4.10. The Bertz CT molecular complexity index is 419. The molecule has 0 radical (unpaired) electrons. The summed E-state index contributed by atoms with van der Waals surface area (Å²) in [7, 11) is 4.28. The fraction of sp³-hybridized carbons (Fsp3) is 0.688. The normalized spacial score (nSPS) is 20.6. The second-order valence-electron chi connectivity index (χ2n) is 6.11. The third-order valence-electron chi connectivity index (χ3n) is 4.10. The number of hydrogen-bond acceptors (Lipinski definition) is 4. The Kier molecular flexibility index (Phi) is 5.38. The van der Waals surface area contributed by atoms with Crippen molar-refractivity contribution in [2.24, 2.45) is 5.73 Å². The van der Waals surface area contributed by atoms with E-state index in [1.807, 2.05) is 12.3 Å². The van der Waals surface area contributed by atoms with Crippen molar-refractivity contribution in [3.63, 3.8) is 0 Å². The van der Waals surface area contributed by atoms with Crippen LogP contribution in [0.15, 0.2) is 18.3 Å². The smallest absolute Gasteiger partial charge is 0.132 e. The quantitative estimate of drug-likeness (QED) is 0.862. The highest BCUT2D eigenvalue weighted by Crippen LogP contribution is 2.27. The van der Waals surface area contributed by atoms with Gasteiger partial charge in [-0.1, -0.05) is 13.0 Å². The predicted molar refractivity (Wildman–Crippen MR) is 85.1 cm³/mol. The lowest BCUT2D eigenvalue weighted by Crippen LogP contribution is -2.38. The van der Waals surface area contributed by atoms with Gasteiger partial charge in [-0.05, 0) is 51.4 Å². The van der Waals surface area contributed by atoms with Crippen molar-refractivity contribution in [3.8, 4) is 0 Å². The molecule has 0 aromatic carbocycles. The van der Waals surface area contributed by atoms with E-state index in [0.717, 1.165) is 31.7 Å². The fourth-order valence-corrected chi connectivity index (χ4v) is 3.00. The van der Waals surface area contributed by atoms with E-state index >= 15 is 0 Å². The van der Waals surface area contributed by atoms with Gasteiger partial charge in [-0.25, -0.2) is 4.98 Å². The highest BCUT2D eigenvalue weighted by Gasteiger charge is 2.27. The van der Waals surface area contributed by atoms with E-state index in [1.54, 1.807) is 0 Å². The van der Waals surface area contributed by atoms with Crippen LogP contribution < -0.4 is 10.6 Å². The number of rotatable bonds is 6. The topological polar surface area (TPSA) is 45.4 Å². The molecule has 2 N–H and O–H groups in total. The van der Waals surface area contributed by atoms with Gasteiger partial charge in [0.05, 0.1) is 0 Å². The predicted octanol–water partition coefficient (Wildman–Crippen LogP) is 1.89. The largest absolute Gasteiger partial charge is 0.352 e. The Morgan fingerprint density at radius 1 is 1.50 bits per heavy atom. The van der Waals surface area contributed by atoms with Crippen LogP contribution in [0.2, 0.25) is 0 Å². The Hall–Kier alpha value is -1.13. The summed E-state index contributed by atoms with van der Waals surface area (Å²) in [5.41, 5.74) is 7.43. The first-order valence-electron chi connectivity index (χ1n) is 7.72. The molecule has 2 rings (SSSR count). The first-order chi connectivity index (χ1) is 9.61. The summed E-state index contributed by atoms with van der Waals surface area (Å²) >= 11 is 0. The van der Waals surface area contributed by atoms with E-state index in [4.69, 9.17) is 5.73 Å². The molecule has 1 aromatic heterocycles. The van der Waals surface area contributed by atoms with Crippen LogP contribution in [0.1, 0.15) is 31.7 Å². The van der Waals surface area contributed by atoms with Gasteiger partial charge < -0.3 is 15.5 Å². The number of aromatic nitrogens is 1. The minimum Gasteiger partial charge on any atom is -0.352 e. The van der Waals surface area contributed by atoms with Crippen LogP contribution in [-0.4, -0.2) is 49.2 Å². The van der Waals surface area contributed by atoms with Gasteiger partial charge in [0.1, 0.15) is 5.82 Å². The summed E-state index contributed by atoms with van der Waals surface area (Å²) < 4.78 is 0. The molecule has 0 aliphatic carbocycles. The molecule has 2 unspecified atom stereocenters. The molecule has 4 heteroatoms. The van der Waals surface area contributed by atoms with Crippen molar-refractivity contribution in [1.29, 1.82) is 0 Å². The van der Waals surface area contributed by atoms with E-state index in [1.165, 1.54) is 18.4 Å². The van der Waals surface area contributed by atoms with Gasteiger partial charge in [0.15, 0.2) is 0 Å². The molecule has 2 atom stereocenters. The molecular weight excluding hydrogens is 248 g/mol. The fourth-order valence-electron chi connectivity index (χ4n) is 3.00. The molecule has 0 amide bonds. The van der Waals surface area contributed by atoms with Crippen molar-refractivity contribution in [2.75, 3.05) is 32.1 Å². The molecule has 0 saturated carbocycles.